The van der Waals surface area contributed by atoms with Gasteiger partial charge < -0.3 is 10.5 Å². The number of nitrogens with two attached hydrogens (primary N) is 1. The predicted molar refractivity (Wildman–Crippen MR) is 70.4 cm³/mol. The van der Waals surface area contributed by atoms with Crippen LogP contribution in [-0.2, 0) is 18.0 Å². The molecule has 0 aliphatic carbocycles. The van der Waals surface area contributed by atoms with Crippen LogP contribution in [-0.4, -0.2) is 4.98 Å². The van der Waals surface area contributed by atoms with Gasteiger partial charge in [0.1, 0.15) is 0 Å². The minimum absolute atomic E-state index is 0.604. The lowest BCUT2D eigenvalue weighted by Crippen LogP contribution is -1.83. The van der Waals surface area contributed by atoms with Crippen molar-refractivity contribution in [2.24, 2.45) is 0 Å². The molecule has 2 N–H and O–H groups in total. The van der Waals surface area contributed by atoms with Crippen molar-refractivity contribution >= 4 is 28.6 Å². The number of rotatable bonds is 2. The van der Waals surface area contributed by atoms with E-state index in [2.05, 4.69) is 23.2 Å². The molecule has 1 aromatic heterocycles. The Kier molecular flexibility index (Phi) is 2.66. The lowest BCUT2D eigenvalue weighted by molar-refractivity contribution is 0.134. The van der Waals surface area contributed by atoms with Crippen LogP contribution in [0.4, 0.5) is 5.13 Å². The second-order valence-corrected chi connectivity index (χ2v) is 4.85. The fraction of sp³-hybridized carbons (Fsp3) is 0.154. The summed E-state index contributed by atoms with van der Waals surface area (Å²) in [6.45, 7) is 1.46. The fourth-order valence-electron chi connectivity index (χ4n) is 1.85. The van der Waals surface area contributed by atoms with Gasteiger partial charge in [-0.2, -0.15) is 0 Å². The number of hydrogen-bond donors (Lipinski definition) is 1. The Labute approximate surface area is 104 Å². The molecular weight excluding hydrogens is 232 g/mol. The summed E-state index contributed by atoms with van der Waals surface area (Å²) in [4.78, 5) is 4.18. The summed E-state index contributed by atoms with van der Waals surface area (Å²) >= 11 is 1.46. The number of nitrogens with zero attached hydrogens (tertiary/aromatic N) is 1. The summed E-state index contributed by atoms with van der Waals surface area (Å²) in [6, 6.07) is 6.38. The normalized spacial score (nSPS) is 14.4. The molecule has 0 fully saturated rings. The Morgan fingerprint density at radius 1 is 1.24 bits per heavy atom. The number of benzene rings is 1. The lowest BCUT2D eigenvalue weighted by atomic mass is 10.1. The van der Waals surface area contributed by atoms with Crippen molar-refractivity contribution < 1.29 is 4.74 Å². The molecular formula is C13H12N2OS. The Morgan fingerprint density at radius 3 is 2.94 bits per heavy atom. The molecule has 3 nitrogen and oxygen atoms in total. The van der Waals surface area contributed by atoms with Gasteiger partial charge in [0.2, 0.25) is 0 Å². The van der Waals surface area contributed by atoms with Gasteiger partial charge in [0.15, 0.2) is 5.13 Å². The highest BCUT2D eigenvalue weighted by Crippen LogP contribution is 2.22. The van der Waals surface area contributed by atoms with Crippen LogP contribution >= 0.6 is 11.3 Å². The van der Waals surface area contributed by atoms with Crippen LogP contribution in [0.25, 0.3) is 12.2 Å². The summed E-state index contributed by atoms with van der Waals surface area (Å²) < 4.78 is 5.38. The summed E-state index contributed by atoms with van der Waals surface area (Å²) in [5.74, 6) is 0. The van der Waals surface area contributed by atoms with Crippen molar-refractivity contribution in [2.75, 3.05) is 5.73 Å². The number of thiazole rings is 1. The van der Waals surface area contributed by atoms with Crippen LogP contribution in [0.2, 0.25) is 0 Å². The van der Waals surface area contributed by atoms with E-state index in [0.717, 1.165) is 18.9 Å². The zero-order chi connectivity index (χ0) is 11.7. The second-order valence-electron chi connectivity index (χ2n) is 3.96. The number of fused-ring (bicyclic) bond motifs is 1. The monoisotopic (exact) mass is 244 g/mol. The topological polar surface area (TPSA) is 48.1 Å². The third kappa shape index (κ3) is 2.23. The Morgan fingerprint density at radius 2 is 2.12 bits per heavy atom. The number of anilines is 1. The van der Waals surface area contributed by atoms with E-state index in [0.29, 0.717) is 5.13 Å². The predicted octanol–water partition coefficient (Wildman–Crippen LogP) is 2.93. The molecule has 1 aliphatic heterocycles. The van der Waals surface area contributed by atoms with E-state index in [1.54, 1.807) is 0 Å². The number of hydrogen-bond acceptors (Lipinski definition) is 4. The van der Waals surface area contributed by atoms with E-state index >= 15 is 0 Å². The third-order valence-electron chi connectivity index (χ3n) is 2.73. The van der Waals surface area contributed by atoms with Crippen LogP contribution in [0, 0.1) is 0 Å². The molecule has 0 spiro atoms. The maximum atomic E-state index is 5.58. The second kappa shape index (κ2) is 4.31. The minimum atomic E-state index is 0.604. The molecule has 1 aliphatic rings. The molecule has 4 heteroatoms. The van der Waals surface area contributed by atoms with Gasteiger partial charge in [-0.15, -0.1) is 11.3 Å². The molecule has 17 heavy (non-hydrogen) atoms. The maximum Gasteiger partial charge on any atom is 0.180 e. The summed E-state index contributed by atoms with van der Waals surface area (Å²) in [6.07, 6.45) is 4.03. The van der Waals surface area contributed by atoms with Gasteiger partial charge in [-0.05, 0) is 28.8 Å². The molecule has 0 saturated heterocycles. The molecule has 86 valence electrons. The van der Waals surface area contributed by atoms with Crippen LogP contribution in [0.15, 0.2) is 23.6 Å². The average molecular weight is 244 g/mol. The van der Waals surface area contributed by atoms with Gasteiger partial charge in [-0.3, -0.25) is 0 Å². The molecule has 2 heterocycles. The van der Waals surface area contributed by atoms with Crippen LogP contribution < -0.4 is 5.73 Å². The van der Waals surface area contributed by atoms with E-state index in [1.807, 2.05) is 17.5 Å². The van der Waals surface area contributed by atoms with Crippen molar-refractivity contribution in [1.29, 1.82) is 0 Å². The molecule has 0 amide bonds. The Balaban J connectivity index is 1.83. The molecule has 0 bridgehead atoms. The summed E-state index contributed by atoms with van der Waals surface area (Å²) in [5, 5.41) is 2.55. The van der Waals surface area contributed by atoms with Crippen molar-refractivity contribution in [1.82, 2.24) is 4.98 Å². The van der Waals surface area contributed by atoms with E-state index in [-0.39, 0.29) is 0 Å². The number of nitrogen functional groups attached to an aromatic ring is 1. The first-order valence-electron chi connectivity index (χ1n) is 5.40. The van der Waals surface area contributed by atoms with Gasteiger partial charge in [-0.1, -0.05) is 18.2 Å². The standard InChI is InChI=1S/C13H12N2OS/c14-13-15-12(8-17-13)4-2-9-1-3-10-6-16-7-11(10)5-9/h1-5,8H,6-7H2,(H2,14,15). The Bertz CT molecular complexity index is 575. The Hall–Kier alpha value is -1.65. The van der Waals surface area contributed by atoms with Crippen molar-refractivity contribution in [3.05, 3.63) is 46.0 Å². The van der Waals surface area contributed by atoms with E-state index < -0.39 is 0 Å². The van der Waals surface area contributed by atoms with Gasteiger partial charge in [-0.25, -0.2) is 4.98 Å². The van der Waals surface area contributed by atoms with E-state index in [4.69, 9.17) is 10.5 Å². The highest BCUT2D eigenvalue weighted by molar-refractivity contribution is 7.13. The van der Waals surface area contributed by atoms with Gasteiger partial charge in [0.25, 0.3) is 0 Å². The molecule has 2 aromatic rings. The summed E-state index contributed by atoms with van der Waals surface area (Å²) in [7, 11) is 0. The molecule has 0 radical (unpaired) electrons. The third-order valence-corrected chi connectivity index (χ3v) is 3.42. The molecule has 0 saturated carbocycles. The summed E-state index contributed by atoms with van der Waals surface area (Å²) in [5.41, 5.74) is 10.2. The quantitative estimate of drug-likeness (QED) is 0.883. The van der Waals surface area contributed by atoms with Crippen LogP contribution in [0.1, 0.15) is 22.4 Å². The average Bonchev–Trinajstić information content (AvgIpc) is 2.94. The SMILES string of the molecule is Nc1nc(C=Cc2ccc3c(c2)COC3)cs1. The number of aromatic nitrogens is 1. The smallest absolute Gasteiger partial charge is 0.180 e. The molecule has 0 atom stereocenters. The van der Waals surface area contributed by atoms with Crippen LogP contribution in [0.3, 0.4) is 0 Å². The zero-order valence-corrected chi connectivity index (χ0v) is 10.0. The number of ether oxygens (including phenoxy) is 1. The first-order valence-corrected chi connectivity index (χ1v) is 6.28. The van der Waals surface area contributed by atoms with Crippen LogP contribution in [0.5, 0.6) is 0 Å². The van der Waals surface area contributed by atoms with Crippen molar-refractivity contribution in [2.45, 2.75) is 13.2 Å². The zero-order valence-electron chi connectivity index (χ0n) is 9.22. The largest absolute Gasteiger partial charge is 0.375 e. The first kappa shape index (κ1) is 10.5. The van der Waals surface area contributed by atoms with Crippen molar-refractivity contribution in [3.63, 3.8) is 0 Å². The fourth-order valence-corrected chi connectivity index (χ4v) is 2.39. The van der Waals surface area contributed by atoms with Crippen molar-refractivity contribution in [3.8, 4) is 0 Å². The highest BCUT2D eigenvalue weighted by atomic mass is 32.1. The minimum Gasteiger partial charge on any atom is -0.375 e. The van der Waals surface area contributed by atoms with Gasteiger partial charge in [0.05, 0.1) is 18.9 Å². The lowest BCUT2D eigenvalue weighted by Gasteiger charge is -1.98. The maximum absolute atomic E-state index is 5.58. The molecule has 0 unspecified atom stereocenters. The first-order chi connectivity index (χ1) is 8.31. The van der Waals surface area contributed by atoms with Gasteiger partial charge >= 0.3 is 0 Å². The highest BCUT2D eigenvalue weighted by Gasteiger charge is 2.10. The molecule has 1 aromatic carbocycles. The van der Waals surface area contributed by atoms with Gasteiger partial charge in [0, 0.05) is 5.38 Å². The molecule has 3 rings (SSSR count). The van der Waals surface area contributed by atoms with E-state index in [1.165, 1.54) is 28.0 Å². The van der Waals surface area contributed by atoms with E-state index in [9.17, 15) is 0 Å².